The van der Waals surface area contributed by atoms with Gasteiger partial charge in [0.2, 0.25) is 5.88 Å². The van der Waals surface area contributed by atoms with Crippen molar-refractivity contribution in [2.75, 3.05) is 5.73 Å². The second-order valence-corrected chi connectivity index (χ2v) is 2.98. The number of nitrogens with two attached hydrogens (primary N) is 1. The van der Waals surface area contributed by atoms with Crippen molar-refractivity contribution in [3.63, 3.8) is 0 Å². The molecule has 1 aromatic heterocycles. The number of para-hydroxylation sites is 1. The van der Waals surface area contributed by atoms with Gasteiger partial charge in [-0.15, -0.1) is 0 Å². The number of halogens is 1. The second-order valence-electron chi connectivity index (χ2n) is 2.98. The van der Waals surface area contributed by atoms with Gasteiger partial charge >= 0.3 is 0 Å². The summed E-state index contributed by atoms with van der Waals surface area (Å²) in [5, 5.41) is 0. The monoisotopic (exact) mass is 221 g/mol. The number of aromatic nitrogens is 2. The quantitative estimate of drug-likeness (QED) is 0.800. The van der Waals surface area contributed by atoms with Crippen molar-refractivity contribution in [2.24, 2.45) is 0 Å². The third-order valence-electron chi connectivity index (χ3n) is 1.90. The second kappa shape index (κ2) is 4.01. The Labute approximate surface area is 89.7 Å². The van der Waals surface area contributed by atoms with Gasteiger partial charge < -0.3 is 15.5 Å². The zero-order chi connectivity index (χ0) is 11.5. The lowest BCUT2D eigenvalue weighted by Crippen LogP contribution is -2.13. The Kier molecular flexibility index (Phi) is 2.55. The molecule has 0 bridgehead atoms. The summed E-state index contributed by atoms with van der Waals surface area (Å²) in [5.74, 6) is -0.704. The van der Waals surface area contributed by atoms with Crippen LogP contribution in [-0.4, -0.2) is 9.97 Å². The lowest BCUT2D eigenvalue weighted by Gasteiger charge is -2.06. The Bertz CT molecular complexity index is 568. The molecule has 0 spiro atoms. The molecule has 0 amide bonds. The van der Waals surface area contributed by atoms with Gasteiger partial charge in [-0.25, -0.2) is 9.37 Å². The molecule has 0 unspecified atom stereocenters. The molecule has 0 radical (unpaired) electrons. The third-order valence-corrected chi connectivity index (χ3v) is 1.90. The van der Waals surface area contributed by atoms with E-state index in [2.05, 4.69) is 9.97 Å². The van der Waals surface area contributed by atoms with Crippen LogP contribution in [0.5, 0.6) is 11.6 Å². The highest BCUT2D eigenvalue weighted by Crippen LogP contribution is 2.24. The number of ether oxygens (including phenoxy) is 1. The summed E-state index contributed by atoms with van der Waals surface area (Å²) < 4.78 is 18.3. The number of anilines is 1. The van der Waals surface area contributed by atoms with Crippen LogP contribution in [0.2, 0.25) is 0 Å². The first-order chi connectivity index (χ1) is 7.68. The molecule has 0 aliphatic heterocycles. The molecule has 0 atom stereocenters. The van der Waals surface area contributed by atoms with Crippen molar-refractivity contribution in [3.05, 3.63) is 46.8 Å². The van der Waals surface area contributed by atoms with E-state index in [0.717, 1.165) is 6.33 Å². The van der Waals surface area contributed by atoms with Crippen molar-refractivity contribution in [1.29, 1.82) is 0 Å². The maximum atomic E-state index is 13.2. The van der Waals surface area contributed by atoms with Crippen LogP contribution in [0.15, 0.2) is 35.4 Å². The molecular weight excluding hydrogens is 213 g/mol. The largest absolute Gasteiger partial charge is 0.434 e. The van der Waals surface area contributed by atoms with Crippen LogP contribution in [0.4, 0.5) is 10.1 Å². The summed E-state index contributed by atoms with van der Waals surface area (Å²) in [6, 6.07) is 5.77. The van der Waals surface area contributed by atoms with E-state index in [1.54, 1.807) is 6.07 Å². The summed E-state index contributed by atoms with van der Waals surface area (Å²) in [5.41, 5.74) is 4.71. The zero-order valence-corrected chi connectivity index (χ0v) is 8.11. The number of H-pyrrole nitrogens is 1. The molecule has 2 rings (SSSR count). The SMILES string of the molecule is Nc1c(Oc2ccccc2F)nc[nH]c1=O. The molecule has 0 fully saturated rings. The minimum Gasteiger partial charge on any atom is -0.434 e. The molecule has 5 nitrogen and oxygen atoms in total. The number of nitrogen functional groups attached to an aromatic ring is 1. The molecule has 1 heterocycles. The van der Waals surface area contributed by atoms with Crippen molar-refractivity contribution in [2.45, 2.75) is 0 Å². The van der Waals surface area contributed by atoms with E-state index in [4.69, 9.17) is 10.5 Å². The maximum Gasteiger partial charge on any atom is 0.277 e. The maximum absolute atomic E-state index is 13.2. The number of hydrogen-bond acceptors (Lipinski definition) is 4. The number of aromatic amines is 1. The number of nitrogens with one attached hydrogen (secondary N) is 1. The first-order valence-corrected chi connectivity index (χ1v) is 4.44. The van der Waals surface area contributed by atoms with Crippen LogP contribution in [0.25, 0.3) is 0 Å². The minimum atomic E-state index is -0.552. The molecule has 82 valence electrons. The Morgan fingerprint density at radius 3 is 2.88 bits per heavy atom. The lowest BCUT2D eigenvalue weighted by molar-refractivity contribution is 0.428. The highest BCUT2D eigenvalue weighted by molar-refractivity contribution is 5.47. The van der Waals surface area contributed by atoms with Crippen molar-refractivity contribution in [1.82, 2.24) is 9.97 Å². The first-order valence-electron chi connectivity index (χ1n) is 4.44. The van der Waals surface area contributed by atoms with Gasteiger partial charge in [0, 0.05) is 0 Å². The van der Waals surface area contributed by atoms with Gasteiger partial charge in [-0.2, -0.15) is 0 Å². The molecule has 16 heavy (non-hydrogen) atoms. The fourth-order valence-electron chi connectivity index (χ4n) is 1.11. The number of benzene rings is 1. The Balaban J connectivity index is 2.38. The van der Waals surface area contributed by atoms with Crippen LogP contribution in [-0.2, 0) is 0 Å². The van der Waals surface area contributed by atoms with Crippen molar-refractivity contribution >= 4 is 5.69 Å². The molecule has 6 heteroatoms. The number of hydrogen-bond donors (Lipinski definition) is 2. The Hall–Kier alpha value is -2.37. The third kappa shape index (κ3) is 1.85. The van der Waals surface area contributed by atoms with Crippen LogP contribution in [0, 0.1) is 5.82 Å². The average Bonchev–Trinajstić information content (AvgIpc) is 2.28. The van der Waals surface area contributed by atoms with Gasteiger partial charge in [0.05, 0.1) is 6.33 Å². The van der Waals surface area contributed by atoms with E-state index in [0.29, 0.717) is 0 Å². The molecular formula is C10H8FN3O2. The molecule has 3 N–H and O–H groups in total. The highest BCUT2D eigenvalue weighted by atomic mass is 19.1. The number of nitrogens with zero attached hydrogens (tertiary/aromatic N) is 1. The predicted octanol–water partition coefficient (Wildman–Crippen LogP) is 1.28. The molecule has 2 aromatic rings. The zero-order valence-electron chi connectivity index (χ0n) is 8.11. The van der Waals surface area contributed by atoms with Gasteiger partial charge in [0.1, 0.15) is 0 Å². The van der Waals surface area contributed by atoms with Gasteiger partial charge in [-0.05, 0) is 12.1 Å². The summed E-state index contributed by atoms with van der Waals surface area (Å²) >= 11 is 0. The van der Waals surface area contributed by atoms with E-state index < -0.39 is 11.4 Å². The van der Waals surface area contributed by atoms with Crippen molar-refractivity contribution < 1.29 is 9.13 Å². The Morgan fingerprint density at radius 2 is 2.12 bits per heavy atom. The minimum absolute atomic E-state index is 0.0349. The summed E-state index contributed by atoms with van der Waals surface area (Å²) in [4.78, 5) is 17.1. The van der Waals surface area contributed by atoms with E-state index in [1.165, 1.54) is 18.2 Å². The van der Waals surface area contributed by atoms with Gasteiger partial charge in [-0.1, -0.05) is 12.1 Å². The summed E-state index contributed by atoms with van der Waals surface area (Å²) in [6.07, 6.45) is 1.13. The van der Waals surface area contributed by atoms with E-state index in [-0.39, 0.29) is 17.3 Å². The van der Waals surface area contributed by atoms with Gasteiger partial charge in [0.15, 0.2) is 17.3 Å². The fraction of sp³-hybridized carbons (Fsp3) is 0. The molecule has 0 aliphatic carbocycles. The van der Waals surface area contributed by atoms with E-state index in [1.807, 2.05) is 0 Å². The van der Waals surface area contributed by atoms with Crippen LogP contribution in [0.3, 0.4) is 0 Å². The first kappa shape index (κ1) is 10.2. The smallest absolute Gasteiger partial charge is 0.277 e. The molecule has 0 saturated heterocycles. The van der Waals surface area contributed by atoms with E-state index >= 15 is 0 Å². The topological polar surface area (TPSA) is 81.0 Å². The van der Waals surface area contributed by atoms with Gasteiger partial charge in [0.25, 0.3) is 5.56 Å². The predicted molar refractivity (Wildman–Crippen MR) is 55.7 cm³/mol. The number of rotatable bonds is 2. The molecule has 0 aliphatic rings. The standard InChI is InChI=1S/C10H8FN3O2/c11-6-3-1-2-4-7(6)16-10-8(12)9(15)13-5-14-10/h1-5H,12H2,(H,13,14,15). The highest BCUT2D eigenvalue weighted by Gasteiger charge is 2.09. The summed E-state index contributed by atoms with van der Waals surface area (Å²) in [7, 11) is 0. The molecule has 1 aromatic carbocycles. The summed E-state index contributed by atoms with van der Waals surface area (Å²) in [6.45, 7) is 0. The molecule has 0 saturated carbocycles. The van der Waals surface area contributed by atoms with Crippen LogP contribution in [0.1, 0.15) is 0 Å². The van der Waals surface area contributed by atoms with Crippen LogP contribution >= 0.6 is 0 Å². The van der Waals surface area contributed by atoms with E-state index in [9.17, 15) is 9.18 Å². The van der Waals surface area contributed by atoms with Crippen molar-refractivity contribution in [3.8, 4) is 11.6 Å². The Morgan fingerprint density at radius 1 is 1.38 bits per heavy atom. The lowest BCUT2D eigenvalue weighted by atomic mass is 10.3. The fourth-order valence-corrected chi connectivity index (χ4v) is 1.11. The van der Waals surface area contributed by atoms with Gasteiger partial charge in [-0.3, -0.25) is 4.79 Å². The van der Waals surface area contributed by atoms with Crippen LogP contribution < -0.4 is 16.0 Å². The average molecular weight is 221 g/mol. The normalized spacial score (nSPS) is 10.1.